The monoisotopic (exact) mass is 249 g/mol. The lowest BCUT2D eigenvalue weighted by Gasteiger charge is -2.08. The van der Waals surface area contributed by atoms with Crippen molar-refractivity contribution in [2.75, 3.05) is 11.9 Å². The molecule has 0 saturated carbocycles. The summed E-state index contributed by atoms with van der Waals surface area (Å²) in [5.74, 6) is 0.403. The molecule has 0 spiro atoms. The van der Waals surface area contributed by atoms with Gasteiger partial charge in [-0.3, -0.25) is 4.79 Å². The Labute approximate surface area is 98.0 Å². The molecule has 1 aromatic rings. The predicted molar refractivity (Wildman–Crippen MR) is 62.9 cm³/mol. The van der Waals surface area contributed by atoms with Gasteiger partial charge in [-0.1, -0.05) is 18.5 Å². The molecule has 0 bridgehead atoms. The first-order chi connectivity index (χ1) is 7.15. The Bertz CT molecular complexity index is 367. The van der Waals surface area contributed by atoms with E-state index >= 15 is 0 Å². The summed E-state index contributed by atoms with van der Waals surface area (Å²) in [6.07, 6.45) is 3.04. The zero-order chi connectivity index (χ0) is 11.3. The summed E-state index contributed by atoms with van der Waals surface area (Å²) in [4.78, 5) is 17.4. The van der Waals surface area contributed by atoms with Crippen molar-refractivity contribution >= 4 is 29.0 Å². The Morgan fingerprint density at radius 3 is 3.07 bits per heavy atom. The number of aromatic nitrogens is 2. The van der Waals surface area contributed by atoms with E-state index in [4.69, 9.17) is 23.2 Å². The number of hydrogen-bond donors (Lipinski definition) is 2. The third-order valence-electron chi connectivity index (χ3n) is 1.99. The average Bonchev–Trinajstić information content (AvgIpc) is 2.24. The average molecular weight is 250 g/mol. The van der Waals surface area contributed by atoms with Gasteiger partial charge in [-0.25, -0.2) is 4.98 Å². The Morgan fingerprint density at radius 1 is 1.67 bits per heavy atom. The minimum absolute atomic E-state index is 0.0834. The Kier molecular flexibility index (Phi) is 4.91. The summed E-state index contributed by atoms with van der Waals surface area (Å²) in [6, 6.07) is 0. The van der Waals surface area contributed by atoms with E-state index in [9.17, 15) is 4.79 Å². The third-order valence-corrected chi connectivity index (χ3v) is 2.87. The second kappa shape index (κ2) is 5.98. The lowest BCUT2D eigenvalue weighted by atomic mass is 10.2. The first kappa shape index (κ1) is 12.3. The van der Waals surface area contributed by atoms with E-state index in [2.05, 4.69) is 15.3 Å². The number of nitrogens with zero attached hydrogens (tertiary/aromatic N) is 1. The highest BCUT2D eigenvalue weighted by atomic mass is 35.5. The minimum Gasteiger partial charge on any atom is -0.369 e. The molecule has 0 radical (unpaired) electrons. The fourth-order valence-corrected chi connectivity index (χ4v) is 1.34. The Balaban J connectivity index is 2.51. The first-order valence-electron chi connectivity index (χ1n) is 4.76. The van der Waals surface area contributed by atoms with Crippen LogP contribution in [-0.4, -0.2) is 21.9 Å². The number of aromatic amines is 1. The molecule has 1 aromatic heterocycles. The fraction of sp³-hybridized carbons (Fsp3) is 0.556. The third kappa shape index (κ3) is 3.72. The maximum atomic E-state index is 11.1. The van der Waals surface area contributed by atoms with E-state index in [1.165, 1.54) is 6.33 Å². The van der Waals surface area contributed by atoms with Crippen molar-refractivity contribution in [2.45, 2.75) is 25.1 Å². The molecule has 1 unspecified atom stereocenters. The van der Waals surface area contributed by atoms with Gasteiger partial charge in [-0.05, 0) is 12.8 Å². The summed E-state index contributed by atoms with van der Waals surface area (Å²) in [6.45, 7) is 2.67. The SMILES string of the molecule is CCC(Cl)CCNc1nc[nH]c(=O)c1Cl. The van der Waals surface area contributed by atoms with Crippen molar-refractivity contribution in [1.82, 2.24) is 9.97 Å². The molecule has 0 amide bonds. The van der Waals surface area contributed by atoms with Gasteiger partial charge in [0.1, 0.15) is 5.02 Å². The van der Waals surface area contributed by atoms with E-state index in [0.29, 0.717) is 12.4 Å². The maximum Gasteiger partial charge on any atom is 0.271 e. The highest BCUT2D eigenvalue weighted by Crippen LogP contribution is 2.13. The predicted octanol–water partition coefficient (Wildman–Crippen LogP) is 2.24. The second-order valence-electron chi connectivity index (χ2n) is 3.12. The molecule has 2 N–H and O–H groups in total. The summed E-state index contributed by atoms with van der Waals surface area (Å²) in [5, 5.41) is 3.19. The van der Waals surface area contributed by atoms with Crippen molar-refractivity contribution < 1.29 is 0 Å². The normalized spacial score (nSPS) is 12.5. The molecule has 0 aliphatic carbocycles. The van der Waals surface area contributed by atoms with E-state index in [1.807, 2.05) is 6.92 Å². The fourth-order valence-electron chi connectivity index (χ4n) is 1.06. The van der Waals surface area contributed by atoms with Gasteiger partial charge in [0, 0.05) is 11.9 Å². The van der Waals surface area contributed by atoms with Gasteiger partial charge in [0.2, 0.25) is 0 Å². The molecule has 6 heteroatoms. The van der Waals surface area contributed by atoms with Crippen LogP contribution in [0.5, 0.6) is 0 Å². The van der Waals surface area contributed by atoms with Crippen LogP contribution in [0.25, 0.3) is 0 Å². The van der Waals surface area contributed by atoms with Gasteiger partial charge in [-0.15, -0.1) is 11.6 Å². The van der Waals surface area contributed by atoms with Gasteiger partial charge in [0.25, 0.3) is 5.56 Å². The Morgan fingerprint density at radius 2 is 2.40 bits per heavy atom. The zero-order valence-electron chi connectivity index (χ0n) is 8.39. The van der Waals surface area contributed by atoms with Crippen LogP contribution in [-0.2, 0) is 0 Å². The lowest BCUT2D eigenvalue weighted by Crippen LogP contribution is -2.14. The zero-order valence-corrected chi connectivity index (χ0v) is 9.90. The van der Waals surface area contributed by atoms with Crippen LogP contribution in [0.4, 0.5) is 5.82 Å². The van der Waals surface area contributed by atoms with Gasteiger partial charge in [0.15, 0.2) is 5.82 Å². The number of anilines is 1. The minimum atomic E-state index is -0.341. The molecule has 0 aliphatic heterocycles. The van der Waals surface area contributed by atoms with Crippen LogP contribution in [0.2, 0.25) is 5.02 Å². The van der Waals surface area contributed by atoms with Crippen LogP contribution in [0, 0.1) is 0 Å². The van der Waals surface area contributed by atoms with E-state index < -0.39 is 0 Å². The maximum absolute atomic E-state index is 11.1. The van der Waals surface area contributed by atoms with Crippen LogP contribution < -0.4 is 10.9 Å². The molecule has 1 atom stereocenters. The first-order valence-corrected chi connectivity index (χ1v) is 5.57. The number of halogens is 2. The molecule has 1 rings (SSSR count). The summed E-state index contributed by atoms with van der Waals surface area (Å²) >= 11 is 11.7. The van der Waals surface area contributed by atoms with Crippen LogP contribution >= 0.6 is 23.2 Å². The van der Waals surface area contributed by atoms with Crippen molar-refractivity contribution in [1.29, 1.82) is 0 Å². The number of alkyl halides is 1. The number of rotatable bonds is 5. The lowest BCUT2D eigenvalue weighted by molar-refractivity contribution is 0.751. The van der Waals surface area contributed by atoms with Gasteiger partial charge >= 0.3 is 0 Å². The van der Waals surface area contributed by atoms with Crippen LogP contribution in [0.1, 0.15) is 19.8 Å². The summed E-state index contributed by atoms with van der Waals surface area (Å²) in [5.41, 5.74) is -0.341. The summed E-state index contributed by atoms with van der Waals surface area (Å²) < 4.78 is 0. The van der Waals surface area contributed by atoms with Crippen molar-refractivity contribution in [3.8, 4) is 0 Å². The molecule has 0 aliphatic rings. The Hall–Kier alpha value is -0.740. The summed E-state index contributed by atoms with van der Waals surface area (Å²) in [7, 11) is 0. The standard InChI is InChI=1S/C9H13Cl2N3O/c1-2-6(10)3-4-12-8-7(11)9(15)14-5-13-8/h5-6H,2-4H2,1H3,(H2,12,13,14,15). The van der Waals surface area contributed by atoms with E-state index in [0.717, 1.165) is 12.8 Å². The van der Waals surface area contributed by atoms with Crippen molar-refractivity contribution in [2.24, 2.45) is 0 Å². The molecule has 15 heavy (non-hydrogen) atoms. The molecular weight excluding hydrogens is 237 g/mol. The highest BCUT2D eigenvalue weighted by molar-refractivity contribution is 6.32. The van der Waals surface area contributed by atoms with Crippen LogP contribution in [0.3, 0.4) is 0 Å². The molecule has 0 fully saturated rings. The highest BCUT2D eigenvalue weighted by Gasteiger charge is 2.06. The molecule has 0 aromatic carbocycles. The quantitative estimate of drug-likeness (QED) is 0.788. The van der Waals surface area contributed by atoms with E-state index in [1.54, 1.807) is 0 Å². The van der Waals surface area contributed by atoms with Crippen molar-refractivity contribution in [3.05, 3.63) is 21.7 Å². The van der Waals surface area contributed by atoms with Crippen LogP contribution in [0.15, 0.2) is 11.1 Å². The molecule has 0 saturated heterocycles. The van der Waals surface area contributed by atoms with Gasteiger partial charge in [-0.2, -0.15) is 0 Å². The number of hydrogen-bond acceptors (Lipinski definition) is 3. The molecule has 4 nitrogen and oxygen atoms in total. The van der Waals surface area contributed by atoms with Gasteiger partial charge in [0.05, 0.1) is 6.33 Å². The van der Waals surface area contributed by atoms with E-state index in [-0.39, 0.29) is 16.0 Å². The largest absolute Gasteiger partial charge is 0.369 e. The molecule has 1 heterocycles. The number of H-pyrrole nitrogens is 1. The number of nitrogens with one attached hydrogen (secondary N) is 2. The van der Waals surface area contributed by atoms with Crippen molar-refractivity contribution in [3.63, 3.8) is 0 Å². The second-order valence-corrected chi connectivity index (χ2v) is 4.11. The molecule has 84 valence electrons. The topological polar surface area (TPSA) is 57.8 Å². The molecular formula is C9H13Cl2N3O. The smallest absolute Gasteiger partial charge is 0.271 e. The van der Waals surface area contributed by atoms with Gasteiger partial charge < -0.3 is 10.3 Å².